The Balaban J connectivity index is 1.70. The van der Waals surface area contributed by atoms with E-state index < -0.39 is 0 Å². The van der Waals surface area contributed by atoms with Gasteiger partial charge in [-0.1, -0.05) is 35.3 Å². The molecule has 0 atom stereocenters. The molecule has 0 unspecified atom stereocenters. The predicted molar refractivity (Wildman–Crippen MR) is 85.7 cm³/mol. The summed E-state index contributed by atoms with van der Waals surface area (Å²) in [5, 5.41) is 4.47. The van der Waals surface area contributed by atoms with Crippen molar-refractivity contribution in [3.05, 3.63) is 70.7 Å². The molecule has 0 aliphatic heterocycles. The Labute approximate surface area is 132 Å². The highest BCUT2D eigenvalue weighted by molar-refractivity contribution is 6.42. The number of nitrogens with zero attached hydrogens (tertiary/aromatic N) is 1. The minimum atomic E-state index is 0.566. The van der Waals surface area contributed by atoms with Crippen LogP contribution in [-0.4, -0.2) is 4.98 Å². The lowest BCUT2D eigenvalue weighted by Crippen LogP contribution is -2.00. The third-order valence-electron chi connectivity index (χ3n) is 3.12. The zero-order chi connectivity index (χ0) is 14.7. The molecule has 2 aromatic carbocycles. The Bertz CT molecular complexity index is 725. The van der Waals surface area contributed by atoms with Gasteiger partial charge in [0.1, 0.15) is 0 Å². The molecule has 0 bridgehead atoms. The van der Waals surface area contributed by atoms with Crippen molar-refractivity contribution in [1.82, 2.24) is 4.98 Å². The fraction of sp³-hybridized carbons (Fsp3) is 0.0625. The Kier molecular flexibility index (Phi) is 4.13. The van der Waals surface area contributed by atoms with Crippen LogP contribution in [0.5, 0.6) is 0 Å². The van der Waals surface area contributed by atoms with Crippen LogP contribution in [0.3, 0.4) is 0 Å². The maximum Gasteiger partial charge on any atom is 0.181 e. The second kappa shape index (κ2) is 6.20. The predicted octanol–water partition coefficient (Wildman–Crippen LogP) is 5.26. The molecule has 0 aliphatic carbocycles. The Morgan fingerprint density at radius 3 is 2.57 bits per heavy atom. The van der Waals surface area contributed by atoms with Gasteiger partial charge in [-0.25, -0.2) is 4.98 Å². The van der Waals surface area contributed by atoms with Crippen LogP contribution in [-0.2, 0) is 6.54 Å². The summed E-state index contributed by atoms with van der Waals surface area (Å²) in [7, 11) is 0. The lowest BCUT2D eigenvalue weighted by molar-refractivity contribution is 0.572. The van der Waals surface area contributed by atoms with Crippen LogP contribution in [0, 0.1) is 0 Å². The lowest BCUT2D eigenvalue weighted by Gasteiger charge is -2.09. The molecule has 3 rings (SSSR count). The number of halogens is 2. The Morgan fingerprint density at radius 1 is 1.05 bits per heavy atom. The molecule has 1 heterocycles. The number of hydrogen-bond donors (Lipinski definition) is 1. The topological polar surface area (TPSA) is 38.1 Å². The van der Waals surface area contributed by atoms with E-state index in [9.17, 15) is 0 Å². The van der Waals surface area contributed by atoms with Crippen molar-refractivity contribution in [2.45, 2.75) is 6.54 Å². The first-order chi connectivity index (χ1) is 10.2. The minimum absolute atomic E-state index is 0.566. The molecule has 1 aromatic heterocycles. The summed E-state index contributed by atoms with van der Waals surface area (Å²) >= 11 is 12.2. The summed E-state index contributed by atoms with van der Waals surface area (Å²) in [6.07, 6.45) is 3.11. The van der Waals surface area contributed by atoms with E-state index >= 15 is 0 Å². The summed E-state index contributed by atoms with van der Waals surface area (Å²) in [5.41, 5.74) is 2.94. The number of aromatic nitrogens is 1. The first-order valence-electron chi connectivity index (χ1n) is 6.40. The summed E-state index contributed by atoms with van der Waals surface area (Å²) < 4.78 is 5.25. The lowest BCUT2D eigenvalue weighted by atomic mass is 10.1. The molecule has 0 spiro atoms. The van der Waals surface area contributed by atoms with Crippen LogP contribution >= 0.6 is 23.2 Å². The highest BCUT2D eigenvalue weighted by Gasteiger charge is 2.05. The smallest absolute Gasteiger partial charge is 0.181 e. The van der Waals surface area contributed by atoms with Crippen molar-refractivity contribution >= 4 is 28.9 Å². The number of hydrogen-bond acceptors (Lipinski definition) is 3. The van der Waals surface area contributed by atoms with E-state index in [2.05, 4.69) is 10.3 Å². The number of anilines is 1. The van der Waals surface area contributed by atoms with Gasteiger partial charge in [-0.05, 0) is 35.9 Å². The maximum absolute atomic E-state index is 6.16. The molecular formula is C16H12Cl2N2O. The zero-order valence-corrected chi connectivity index (χ0v) is 12.5. The quantitative estimate of drug-likeness (QED) is 0.713. The summed E-state index contributed by atoms with van der Waals surface area (Å²) in [5.74, 6) is 0.749. The standard InChI is InChI=1S/C16H12Cl2N2O/c17-14-3-1-2-12(16(14)18)8-20-13-6-4-11(5-7-13)15-9-19-10-21-15/h1-7,9-10,20H,8H2. The molecule has 5 heteroatoms. The van der Waals surface area contributed by atoms with Crippen molar-refractivity contribution in [2.75, 3.05) is 5.32 Å². The van der Waals surface area contributed by atoms with Crippen molar-refractivity contribution < 1.29 is 4.42 Å². The van der Waals surface area contributed by atoms with Crippen LogP contribution < -0.4 is 5.32 Å². The summed E-state index contributed by atoms with van der Waals surface area (Å²) in [6, 6.07) is 13.5. The van der Waals surface area contributed by atoms with Gasteiger partial charge in [-0.3, -0.25) is 0 Å². The fourth-order valence-corrected chi connectivity index (χ4v) is 2.38. The van der Waals surface area contributed by atoms with Gasteiger partial charge in [0, 0.05) is 17.8 Å². The average molecular weight is 319 g/mol. The SMILES string of the molecule is Clc1cccc(CNc2ccc(-c3cnco3)cc2)c1Cl. The van der Waals surface area contributed by atoms with Gasteiger partial charge in [0.25, 0.3) is 0 Å². The number of benzene rings is 2. The highest BCUT2D eigenvalue weighted by Crippen LogP contribution is 2.26. The highest BCUT2D eigenvalue weighted by atomic mass is 35.5. The van der Waals surface area contributed by atoms with Crippen LogP contribution in [0.15, 0.2) is 59.5 Å². The van der Waals surface area contributed by atoms with Gasteiger partial charge in [0.15, 0.2) is 12.2 Å². The van der Waals surface area contributed by atoms with E-state index in [1.54, 1.807) is 12.3 Å². The van der Waals surface area contributed by atoms with Gasteiger partial charge in [-0.2, -0.15) is 0 Å². The first kappa shape index (κ1) is 14.0. The van der Waals surface area contributed by atoms with E-state index in [0.29, 0.717) is 16.6 Å². The molecule has 106 valence electrons. The molecule has 0 fully saturated rings. The van der Waals surface area contributed by atoms with E-state index in [1.807, 2.05) is 36.4 Å². The Hall–Kier alpha value is -1.97. The maximum atomic E-state index is 6.16. The molecule has 0 radical (unpaired) electrons. The molecule has 3 nitrogen and oxygen atoms in total. The van der Waals surface area contributed by atoms with Gasteiger partial charge in [0.05, 0.1) is 16.2 Å². The monoisotopic (exact) mass is 318 g/mol. The van der Waals surface area contributed by atoms with E-state index in [1.165, 1.54) is 6.39 Å². The number of oxazole rings is 1. The van der Waals surface area contributed by atoms with Crippen LogP contribution in [0.1, 0.15) is 5.56 Å². The molecule has 0 saturated carbocycles. The molecule has 0 amide bonds. The molecule has 0 saturated heterocycles. The third-order valence-corrected chi connectivity index (χ3v) is 3.97. The fourth-order valence-electron chi connectivity index (χ4n) is 1.99. The Morgan fingerprint density at radius 2 is 1.86 bits per heavy atom. The van der Waals surface area contributed by atoms with E-state index in [4.69, 9.17) is 27.6 Å². The molecule has 21 heavy (non-hydrogen) atoms. The largest absolute Gasteiger partial charge is 0.444 e. The number of nitrogens with one attached hydrogen (secondary N) is 1. The van der Waals surface area contributed by atoms with Crippen LogP contribution in [0.4, 0.5) is 5.69 Å². The van der Waals surface area contributed by atoms with Gasteiger partial charge >= 0.3 is 0 Å². The molecular weight excluding hydrogens is 307 g/mol. The van der Waals surface area contributed by atoms with Crippen molar-refractivity contribution in [3.8, 4) is 11.3 Å². The molecule has 3 aromatic rings. The normalized spacial score (nSPS) is 10.6. The third kappa shape index (κ3) is 3.20. The second-order valence-electron chi connectivity index (χ2n) is 4.51. The van der Waals surface area contributed by atoms with Crippen molar-refractivity contribution in [1.29, 1.82) is 0 Å². The van der Waals surface area contributed by atoms with Crippen molar-refractivity contribution in [2.24, 2.45) is 0 Å². The molecule has 1 N–H and O–H groups in total. The van der Waals surface area contributed by atoms with Crippen molar-refractivity contribution in [3.63, 3.8) is 0 Å². The van der Waals surface area contributed by atoms with Gasteiger partial charge in [-0.15, -0.1) is 0 Å². The van der Waals surface area contributed by atoms with E-state index in [0.717, 1.165) is 22.6 Å². The summed E-state index contributed by atoms with van der Waals surface area (Å²) in [4.78, 5) is 3.91. The van der Waals surface area contributed by atoms with E-state index in [-0.39, 0.29) is 0 Å². The van der Waals surface area contributed by atoms with Crippen LogP contribution in [0.2, 0.25) is 10.0 Å². The second-order valence-corrected chi connectivity index (χ2v) is 5.29. The number of rotatable bonds is 4. The minimum Gasteiger partial charge on any atom is -0.444 e. The summed E-state index contributed by atoms with van der Waals surface area (Å²) in [6.45, 7) is 0.612. The van der Waals surface area contributed by atoms with Crippen LogP contribution in [0.25, 0.3) is 11.3 Å². The zero-order valence-electron chi connectivity index (χ0n) is 11.0. The van der Waals surface area contributed by atoms with Gasteiger partial charge in [0.2, 0.25) is 0 Å². The first-order valence-corrected chi connectivity index (χ1v) is 7.15. The average Bonchev–Trinajstić information content (AvgIpc) is 3.04. The molecule has 0 aliphatic rings. The van der Waals surface area contributed by atoms with Gasteiger partial charge < -0.3 is 9.73 Å².